The summed E-state index contributed by atoms with van der Waals surface area (Å²) in [5.74, 6) is 0.360. The largest absolute Gasteiger partial charge is 0.322 e. The Balaban J connectivity index is 1.53. The van der Waals surface area contributed by atoms with Gasteiger partial charge in [0.15, 0.2) is 0 Å². The third-order valence-electron chi connectivity index (χ3n) is 5.21. The molecule has 1 fully saturated rings. The van der Waals surface area contributed by atoms with Gasteiger partial charge in [-0.05, 0) is 30.4 Å². The van der Waals surface area contributed by atoms with Gasteiger partial charge in [0.25, 0.3) is 0 Å². The number of urea groups is 1. The third-order valence-corrected chi connectivity index (χ3v) is 6.16. The van der Waals surface area contributed by atoms with Gasteiger partial charge in [0.2, 0.25) is 0 Å². The smallest absolute Gasteiger partial charge is 0.315 e. The Kier molecular flexibility index (Phi) is 5.44. The molecule has 144 valence electrons. The quantitative estimate of drug-likeness (QED) is 0.567. The Labute approximate surface area is 170 Å². The van der Waals surface area contributed by atoms with Gasteiger partial charge in [-0.3, -0.25) is 0 Å². The summed E-state index contributed by atoms with van der Waals surface area (Å²) < 4.78 is 0. The molecule has 1 aliphatic heterocycles. The van der Waals surface area contributed by atoms with Crippen LogP contribution in [0, 0.1) is 0 Å². The van der Waals surface area contributed by atoms with Crippen LogP contribution in [0.5, 0.6) is 0 Å². The van der Waals surface area contributed by atoms with Crippen LogP contribution >= 0.6 is 11.3 Å². The molecule has 1 aromatic heterocycles. The molecule has 1 saturated heterocycles. The van der Waals surface area contributed by atoms with Crippen molar-refractivity contribution in [2.45, 2.75) is 38.6 Å². The molecular formula is C23H25N3OS. The van der Waals surface area contributed by atoms with Crippen molar-refractivity contribution in [3.63, 3.8) is 0 Å². The lowest BCUT2D eigenvalue weighted by Crippen LogP contribution is -2.34. The molecular weight excluding hydrogens is 366 g/mol. The molecule has 0 spiro atoms. The Bertz CT molecular complexity index is 951. The van der Waals surface area contributed by atoms with Crippen molar-refractivity contribution in [2.75, 3.05) is 11.9 Å². The number of aromatic nitrogens is 1. The molecule has 2 aromatic carbocycles. The van der Waals surface area contributed by atoms with Crippen LogP contribution in [0.2, 0.25) is 0 Å². The molecule has 1 N–H and O–H groups in total. The lowest BCUT2D eigenvalue weighted by atomic mass is 10.0. The van der Waals surface area contributed by atoms with Crippen LogP contribution in [0.15, 0.2) is 60.0 Å². The molecule has 5 heteroatoms. The molecule has 2 heterocycles. The fourth-order valence-corrected chi connectivity index (χ4v) is 4.72. The van der Waals surface area contributed by atoms with Gasteiger partial charge in [-0.2, -0.15) is 0 Å². The molecule has 4 nitrogen and oxygen atoms in total. The van der Waals surface area contributed by atoms with E-state index in [2.05, 4.69) is 42.7 Å². The van der Waals surface area contributed by atoms with Crippen molar-refractivity contribution in [3.05, 3.63) is 70.5 Å². The molecule has 0 bridgehead atoms. The second-order valence-corrected chi connectivity index (χ2v) is 8.35. The predicted molar refractivity (Wildman–Crippen MR) is 116 cm³/mol. The van der Waals surface area contributed by atoms with Crippen molar-refractivity contribution in [1.29, 1.82) is 0 Å². The second-order valence-electron chi connectivity index (χ2n) is 7.46. The highest BCUT2D eigenvalue weighted by Crippen LogP contribution is 2.36. The molecule has 0 unspecified atom stereocenters. The first-order valence-electron chi connectivity index (χ1n) is 9.81. The van der Waals surface area contributed by atoms with Gasteiger partial charge in [-0.25, -0.2) is 9.78 Å². The van der Waals surface area contributed by atoms with E-state index in [4.69, 9.17) is 4.98 Å². The van der Waals surface area contributed by atoms with E-state index in [0.717, 1.165) is 46.9 Å². The number of hydrogen-bond acceptors (Lipinski definition) is 3. The average Bonchev–Trinajstić information content (AvgIpc) is 3.38. The number of amides is 2. The molecule has 1 aliphatic rings. The summed E-state index contributed by atoms with van der Waals surface area (Å²) >= 11 is 1.64. The van der Waals surface area contributed by atoms with Gasteiger partial charge >= 0.3 is 6.03 Å². The first-order chi connectivity index (χ1) is 13.6. The van der Waals surface area contributed by atoms with Gasteiger partial charge in [-0.1, -0.05) is 62.4 Å². The monoisotopic (exact) mass is 391 g/mol. The summed E-state index contributed by atoms with van der Waals surface area (Å²) in [6.45, 7) is 5.05. The van der Waals surface area contributed by atoms with E-state index in [9.17, 15) is 4.79 Å². The lowest BCUT2D eigenvalue weighted by molar-refractivity contribution is 0.207. The number of rotatable bonds is 4. The van der Waals surface area contributed by atoms with Crippen molar-refractivity contribution in [3.8, 4) is 11.3 Å². The van der Waals surface area contributed by atoms with Crippen molar-refractivity contribution < 1.29 is 4.79 Å². The molecule has 4 rings (SSSR count). The molecule has 3 aromatic rings. The first-order valence-corrected chi connectivity index (χ1v) is 10.7. The van der Waals surface area contributed by atoms with E-state index in [1.54, 1.807) is 11.3 Å². The summed E-state index contributed by atoms with van der Waals surface area (Å²) in [4.78, 5) is 19.8. The Hall–Kier alpha value is -2.66. The number of hydrogen-bond donors (Lipinski definition) is 1. The van der Waals surface area contributed by atoms with E-state index < -0.39 is 0 Å². The maximum Gasteiger partial charge on any atom is 0.322 e. The van der Waals surface area contributed by atoms with Crippen LogP contribution in [0.1, 0.15) is 49.2 Å². The Morgan fingerprint density at radius 2 is 1.89 bits per heavy atom. The SMILES string of the molecule is CC(C)c1ccccc1NC(=O)N1CCC[C@H]1c1nc(-c2ccccc2)cs1. The number of thiazole rings is 1. The number of anilines is 1. The van der Waals surface area contributed by atoms with Crippen LogP contribution in [0.3, 0.4) is 0 Å². The maximum atomic E-state index is 13.0. The number of nitrogens with zero attached hydrogens (tertiary/aromatic N) is 2. The van der Waals surface area contributed by atoms with Gasteiger partial charge in [0.1, 0.15) is 5.01 Å². The van der Waals surface area contributed by atoms with E-state index in [-0.39, 0.29) is 12.1 Å². The van der Waals surface area contributed by atoms with Crippen molar-refractivity contribution >= 4 is 23.1 Å². The molecule has 0 saturated carbocycles. The highest BCUT2D eigenvalue weighted by Gasteiger charge is 2.32. The lowest BCUT2D eigenvalue weighted by Gasteiger charge is -2.24. The Morgan fingerprint density at radius 3 is 2.68 bits per heavy atom. The minimum atomic E-state index is -0.0351. The van der Waals surface area contributed by atoms with Crippen LogP contribution in [-0.4, -0.2) is 22.5 Å². The van der Waals surface area contributed by atoms with Crippen molar-refractivity contribution in [1.82, 2.24) is 9.88 Å². The predicted octanol–water partition coefficient (Wildman–Crippen LogP) is 6.30. The van der Waals surface area contributed by atoms with Gasteiger partial charge in [0.05, 0.1) is 11.7 Å². The summed E-state index contributed by atoms with van der Waals surface area (Å²) in [7, 11) is 0. The summed E-state index contributed by atoms with van der Waals surface area (Å²) in [5.41, 5.74) is 4.16. The fourth-order valence-electron chi connectivity index (χ4n) is 3.75. The van der Waals surface area contributed by atoms with Crippen LogP contribution in [-0.2, 0) is 0 Å². The number of carbonyl (C=O) groups is 1. The van der Waals surface area contributed by atoms with Crippen molar-refractivity contribution in [2.24, 2.45) is 0 Å². The van der Waals surface area contributed by atoms with Crippen LogP contribution in [0.4, 0.5) is 10.5 Å². The molecule has 0 radical (unpaired) electrons. The number of benzene rings is 2. The highest BCUT2D eigenvalue weighted by atomic mass is 32.1. The summed E-state index contributed by atoms with van der Waals surface area (Å²) in [6, 6.07) is 18.3. The number of carbonyl (C=O) groups excluding carboxylic acids is 1. The molecule has 2 amide bonds. The zero-order valence-corrected chi connectivity index (χ0v) is 17.1. The average molecular weight is 392 g/mol. The fraction of sp³-hybridized carbons (Fsp3) is 0.304. The minimum absolute atomic E-state index is 0.0351. The normalized spacial score (nSPS) is 16.5. The number of likely N-dealkylation sites (tertiary alicyclic amines) is 1. The van der Waals surface area contributed by atoms with Gasteiger partial charge in [0, 0.05) is 23.2 Å². The third kappa shape index (κ3) is 3.80. The topological polar surface area (TPSA) is 45.2 Å². The molecule has 0 aliphatic carbocycles. The maximum absolute atomic E-state index is 13.0. The highest BCUT2D eigenvalue weighted by molar-refractivity contribution is 7.10. The standard InChI is InChI=1S/C23H25N3OS/c1-16(2)18-11-6-7-12-19(18)25-23(27)26-14-8-13-21(26)22-24-20(15-28-22)17-9-4-3-5-10-17/h3-7,9-12,15-16,21H,8,13-14H2,1-2H3,(H,25,27)/t21-/m0/s1. The Morgan fingerprint density at radius 1 is 1.14 bits per heavy atom. The second kappa shape index (κ2) is 8.15. The van der Waals surface area contributed by atoms with E-state index in [1.165, 1.54) is 0 Å². The molecule has 1 atom stereocenters. The summed E-state index contributed by atoms with van der Waals surface area (Å²) in [5, 5.41) is 6.24. The van der Waals surface area contributed by atoms with E-state index in [1.807, 2.05) is 41.3 Å². The minimum Gasteiger partial charge on any atom is -0.315 e. The number of para-hydroxylation sites is 1. The van der Waals surface area contributed by atoms with E-state index in [0.29, 0.717) is 5.92 Å². The zero-order valence-electron chi connectivity index (χ0n) is 16.3. The first kappa shape index (κ1) is 18.7. The van der Waals surface area contributed by atoms with Crippen LogP contribution in [0.25, 0.3) is 11.3 Å². The zero-order chi connectivity index (χ0) is 19.5. The molecule has 28 heavy (non-hydrogen) atoms. The number of nitrogens with one attached hydrogen (secondary N) is 1. The van der Waals surface area contributed by atoms with Crippen LogP contribution < -0.4 is 5.32 Å². The van der Waals surface area contributed by atoms with Gasteiger partial charge < -0.3 is 10.2 Å². The summed E-state index contributed by atoms with van der Waals surface area (Å²) in [6.07, 6.45) is 1.96. The van der Waals surface area contributed by atoms with Gasteiger partial charge in [-0.15, -0.1) is 11.3 Å². The van der Waals surface area contributed by atoms with E-state index >= 15 is 0 Å².